The molecule has 3 N–H and O–H groups in total. The van der Waals surface area contributed by atoms with Gasteiger partial charge in [-0.3, -0.25) is 4.79 Å². The summed E-state index contributed by atoms with van der Waals surface area (Å²) in [6.07, 6.45) is 0.888. The zero-order chi connectivity index (χ0) is 12.0. The molecule has 0 aliphatic heterocycles. The summed E-state index contributed by atoms with van der Waals surface area (Å²) in [5, 5.41) is 2.72. The molecule has 16 heavy (non-hydrogen) atoms. The first-order valence-electron chi connectivity index (χ1n) is 5.43. The van der Waals surface area contributed by atoms with E-state index in [0.29, 0.717) is 18.0 Å². The van der Waals surface area contributed by atoms with Crippen molar-refractivity contribution >= 4 is 17.3 Å². The van der Waals surface area contributed by atoms with Crippen LogP contribution < -0.4 is 11.1 Å². The van der Waals surface area contributed by atoms with Gasteiger partial charge in [-0.25, -0.2) is 0 Å². The van der Waals surface area contributed by atoms with Gasteiger partial charge in [-0.05, 0) is 31.0 Å². The number of carbonyl (C=O) groups is 1. The third-order valence-corrected chi connectivity index (χ3v) is 2.25. The molecule has 0 bridgehead atoms. The Morgan fingerprint density at radius 1 is 1.44 bits per heavy atom. The van der Waals surface area contributed by atoms with Crippen molar-refractivity contribution in [3.63, 3.8) is 0 Å². The summed E-state index contributed by atoms with van der Waals surface area (Å²) < 4.78 is 5.00. The minimum absolute atomic E-state index is 0.0753. The molecule has 0 aliphatic rings. The van der Waals surface area contributed by atoms with Crippen molar-refractivity contribution in [3.8, 4) is 0 Å². The highest BCUT2D eigenvalue weighted by atomic mass is 16.5. The van der Waals surface area contributed by atoms with E-state index in [1.807, 2.05) is 26.0 Å². The number of amides is 1. The second kappa shape index (κ2) is 6.12. The number of hydrogen-bond acceptors (Lipinski definition) is 3. The monoisotopic (exact) mass is 222 g/mol. The lowest BCUT2D eigenvalue weighted by molar-refractivity contribution is -0.120. The Kier molecular flexibility index (Phi) is 4.79. The smallest absolute Gasteiger partial charge is 0.250 e. The molecule has 0 atom stereocenters. The van der Waals surface area contributed by atoms with Gasteiger partial charge in [0.25, 0.3) is 0 Å². The number of rotatable bonds is 5. The summed E-state index contributed by atoms with van der Waals surface area (Å²) in [6, 6.07) is 5.54. The second-order valence-corrected chi connectivity index (χ2v) is 3.45. The number of aryl methyl sites for hydroxylation is 1. The number of nitrogens with two attached hydrogens (primary N) is 1. The van der Waals surface area contributed by atoms with Gasteiger partial charge in [0.2, 0.25) is 5.91 Å². The third-order valence-electron chi connectivity index (χ3n) is 2.25. The number of ether oxygens (including phenoxy) is 1. The van der Waals surface area contributed by atoms with Gasteiger partial charge in [0.15, 0.2) is 0 Å². The first-order valence-corrected chi connectivity index (χ1v) is 5.43. The molecule has 88 valence electrons. The molecule has 0 fully saturated rings. The first-order chi connectivity index (χ1) is 7.67. The fraction of sp³-hybridized carbons (Fsp3) is 0.417. The van der Waals surface area contributed by atoms with Gasteiger partial charge in [0.1, 0.15) is 6.61 Å². The van der Waals surface area contributed by atoms with Gasteiger partial charge in [0.05, 0.1) is 0 Å². The fourth-order valence-electron chi connectivity index (χ4n) is 1.39. The maximum atomic E-state index is 11.4. The fourth-order valence-corrected chi connectivity index (χ4v) is 1.39. The van der Waals surface area contributed by atoms with Gasteiger partial charge in [-0.15, -0.1) is 0 Å². The van der Waals surface area contributed by atoms with Crippen LogP contribution in [0, 0.1) is 0 Å². The Bertz CT molecular complexity index is 364. The summed E-state index contributed by atoms with van der Waals surface area (Å²) in [4.78, 5) is 11.4. The standard InChI is InChI=1S/C12H18N2O2/c1-3-9-5-6-10(7-11(9)13)14-12(15)8-16-4-2/h5-7H,3-4,8,13H2,1-2H3,(H,14,15). The molecule has 0 saturated heterocycles. The van der Waals surface area contributed by atoms with E-state index in [4.69, 9.17) is 10.5 Å². The number of carbonyl (C=O) groups excluding carboxylic acids is 1. The number of nitrogen functional groups attached to an aromatic ring is 1. The zero-order valence-electron chi connectivity index (χ0n) is 9.75. The van der Waals surface area contributed by atoms with Crippen LogP contribution in [0.1, 0.15) is 19.4 Å². The zero-order valence-corrected chi connectivity index (χ0v) is 9.75. The van der Waals surface area contributed by atoms with Crippen LogP contribution in [0.15, 0.2) is 18.2 Å². The van der Waals surface area contributed by atoms with Crippen LogP contribution >= 0.6 is 0 Å². The highest BCUT2D eigenvalue weighted by Crippen LogP contribution is 2.18. The summed E-state index contributed by atoms with van der Waals surface area (Å²) in [5.41, 5.74) is 8.32. The van der Waals surface area contributed by atoms with Crippen LogP contribution in [0.25, 0.3) is 0 Å². The van der Waals surface area contributed by atoms with E-state index in [-0.39, 0.29) is 12.5 Å². The molecule has 0 aliphatic carbocycles. The highest BCUT2D eigenvalue weighted by Gasteiger charge is 2.03. The van der Waals surface area contributed by atoms with E-state index in [2.05, 4.69) is 5.32 Å². The molecule has 4 nitrogen and oxygen atoms in total. The summed E-state index contributed by atoms with van der Waals surface area (Å²) in [7, 11) is 0. The third kappa shape index (κ3) is 3.55. The minimum Gasteiger partial charge on any atom is -0.398 e. The Morgan fingerprint density at radius 3 is 2.75 bits per heavy atom. The molecule has 0 saturated carbocycles. The summed E-state index contributed by atoms with van der Waals surface area (Å²) in [5.74, 6) is -0.162. The predicted molar refractivity (Wildman–Crippen MR) is 65.4 cm³/mol. The van der Waals surface area contributed by atoms with Gasteiger partial charge < -0.3 is 15.8 Å². The predicted octanol–water partition coefficient (Wildman–Crippen LogP) is 1.81. The highest BCUT2D eigenvalue weighted by molar-refractivity contribution is 5.92. The summed E-state index contributed by atoms with van der Waals surface area (Å²) >= 11 is 0. The lowest BCUT2D eigenvalue weighted by atomic mass is 10.1. The SMILES string of the molecule is CCOCC(=O)Nc1ccc(CC)c(N)c1. The Balaban J connectivity index is 2.61. The van der Waals surface area contributed by atoms with E-state index in [9.17, 15) is 4.79 Å². The number of nitrogens with one attached hydrogen (secondary N) is 1. The molecule has 1 amide bonds. The maximum Gasteiger partial charge on any atom is 0.250 e. The molecule has 1 aromatic carbocycles. The van der Waals surface area contributed by atoms with Gasteiger partial charge in [0, 0.05) is 18.0 Å². The normalized spacial score (nSPS) is 10.1. The second-order valence-electron chi connectivity index (χ2n) is 3.45. The Morgan fingerprint density at radius 2 is 2.19 bits per heavy atom. The van der Waals surface area contributed by atoms with Gasteiger partial charge >= 0.3 is 0 Å². The molecule has 0 unspecified atom stereocenters. The molecule has 0 radical (unpaired) electrons. The van der Waals surface area contributed by atoms with Crippen LogP contribution in [-0.2, 0) is 16.0 Å². The van der Waals surface area contributed by atoms with Crippen molar-refractivity contribution in [2.45, 2.75) is 20.3 Å². The molecular formula is C12H18N2O2. The van der Waals surface area contributed by atoms with Crippen molar-refractivity contribution in [1.82, 2.24) is 0 Å². The van der Waals surface area contributed by atoms with Crippen molar-refractivity contribution in [2.75, 3.05) is 24.3 Å². The van der Waals surface area contributed by atoms with Gasteiger partial charge in [-0.1, -0.05) is 13.0 Å². The molecule has 0 aromatic heterocycles. The number of benzene rings is 1. The lowest BCUT2D eigenvalue weighted by Gasteiger charge is -2.08. The summed E-state index contributed by atoms with van der Waals surface area (Å²) in [6.45, 7) is 4.50. The average Bonchev–Trinajstić information content (AvgIpc) is 2.26. The molecular weight excluding hydrogens is 204 g/mol. The number of hydrogen-bond donors (Lipinski definition) is 2. The Hall–Kier alpha value is -1.55. The van der Waals surface area contributed by atoms with Crippen LogP contribution in [0.5, 0.6) is 0 Å². The van der Waals surface area contributed by atoms with E-state index in [1.54, 1.807) is 6.07 Å². The average molecular weight is 222 g/mol. The Labute approximate surface area is 95.8 Å². The molecule has 0 spiro atoms. The van der Waals surface area contributed by atoms with Crippen molar-refractivity contribution in [1.29, 1.82) is 0 Å². The van der Waals surface area contributed by atoms with E-state index < -0.39 is 0 Å². The van der Waals surface area contributed by atoms with Crippen LogP contribution in [-0.4, -0.2) is 19.1 Å². The van der Waals surface area contributed by atoms with Crippen LogP contribution in [0.3, 0.4) is 0 Å². The van der Waals surface area contributed by atoms with Crippen LogP contribution in [0.2, 0.25) is 0 Å². The number of anilines is 2. The maximum absolute atomic E-state index is 11.4. The quantitative estimate of drug-likeness (QED) is 0.747. The first kappa shape index (κ1) is 12.5. The van der Waals surface area contributed by atoms with Crippen molar-refractivity contribution in [2.24, 2.45) is 0 Å². The van der Waals surface area contributed by atoms with E-state index in [0.717, 1.165) is 12.0 Å². The molecule has 0 heterocycles. The largest absolute Gasteiger partial charge is 0.398 e. The molecule has 1 rings (SSSR count). The van der Waals surface area contributed by atoms with Crippen molar-refractivity contribution in [3.05, 3.63) is 23.8 Å². The van der Waals surface area contributed by atoms with E-state index in [1.165, 1.54) is 0 Å². The van der Waals surface area contributed by atoms with E-state index >= 15 is 0 Å². The lowest BCUT2D eigenvalue weighted by Crippen LogP contribution is -2.18. The topological polar surface area (TPSA) is 64.3 Å². The minimum atomic E-state index is -0.162. The van der Waals surface area contributed by atoms with Crippen LogP contribution in [0.4, 0.5) is 11.4 Å². The van der Waals surface area contributed by atoms with Crippen molar-refractivity contribution < 1.29 is 9.53 Å². The molecule has 4 heteroatoms. The van der Waals surface area contributed by atoms with Gasteiger partial charge in [-0.2, -0.15) is 0 Å². The molecule has 1 aromatic rings.